The Bertz CT molecular complexity index is 714. The van der Waals surface area contributed by atoms with Gasteiger partial charge in [-0.2, -0.15) is 0 Å². The Morgan fingerprint density at radius 1 is 1.28 bits per heavy atom. The molecule has 25 heavy (non-hydrogen) atoms. The highest BCUT2D eigenvalue weighted by molar-refractivity contribution is 5.95. The van der Waals surface area contributed by atoms with Crippen LogP contribution in [0.5, 0.6) is 5.75 Å². The zero-order valence-corrected chi connectivity index (χ0v) is 14.5. The van der Waals surface area contributed by atoms with E-state index in [1.165, 1.54) is 18.9 Å². The van der Waals surface area contributed by atoms with Crippen molar-refractivity contribution in [1.82, 2.24) is 4.90 Å². The quantitative estimate of drug-likeness (QED) is 0.827. The molecule has 1 N–H and O–H groups in total. The molecule has 3 unspecified atom stereocenters. The van der Waals surface area contributed by atoms with Crippen molar-refractivity contribution in [2.24, 2.45) is 11.8 Å². The van der Waals surface area contributed by atoms with Crippen molar-refractivity contribution in [1.29, 1.82) is 0 Å². The van der Waals surface area contributed by atoms with Crippen molar-refractivity contribution in [3.63, 3.8) is 0 Å². The van der Waals surface area contributed by atoms with Crippen LogP contribution >= 0.6 is 0 Å². The van der Waals surface area contributed by atoms with Gasteiger partial charge in [-0.15, -0.1) is 0 Å². The molecular formula is C19H23NO5. The van der Waals surface area contributed by atoms with Crippen molar-refractivity contribution in [3.05, 3.63) is 29.3 Å². The van der Waals surface area contributed by atoms with E-state index in [2.05, 4.69) is 0 Å². The number of nitrogens with zero attached hydrogens (tertiary/aromatic N) is 1. The first kappa shape index (κ1) is 17.5. The lowest BCUT2D eigenvalue weighted by molar-refractivity contribution is -0.149. The van der Waals surface area contributed by atoms with Gasteiger partial charge in [-0.3, -0.25) is 9.59 Å². The summed E-state index contributed by atoms with van der Waals surface area (Å²) in [5, 5.41) is 9.60. The third-order valence-electron chi connectivity index (χ3n) is 5.49. The van der Waals surface area contributed by atoms with Gasteiger partial charge in [-0.1, -0.05) is 6.42 Å². The summed E-state index contributed by atoms with van der Waals surface area (Å²) in [6.07, 6.45) is 2.93. The number of hydrogen-bond donors (Lipinski definition) is 1. The number of carbonyl (C=O) groups is 3. The van der Waals surface area contributed by atoms with Crippen LogP contribution in [0.4, 0.5) is 0 Å². The van der Waals surface area contributed by atoms with Gasteiger partial charge in [0.05, 0.1) is 13.5 Å². The third-order valence-corrected chi connectivity index (χ3v) is 5.49. The monoisotopic (exact) mass is 345 g/mol. The molecule has 1 aliphatic heterocycles. The molecule has 6 heteroatoms. The molecule has 1 heterocycles. The van der Waals surface area contributed by atoms with E-state index < -0.39 is 12.0 Å². The molecule has 134 valence electrons. The molecule has 0 spiro atoms. The lowest BCUT2D eigenvalue weighted by Crippen LogP contribution is -2.44. The summed E-state index contributed by atoms with van der Waals surface area (Å²) < 4.78 is 5.29. The van der Waals surface area contributed by atoms with E-state index >= 15 is 0 Å². The van der Waals surface area contributed by atoms with Crippen LogP contribution < -0.4 is 4.74 Å². The smallest absolute Gasteiger partial charge is 0.326 e. The lowest BCUT2D eigenvalue weighted by Gasteiger charge is -2.25. The van der Waals surface area contributed by atoms with E-state index in [1.807, 2.05) is 0 Å². The van der Waals surface area contributed by atoms with Gasteiger partial charge in [0.25, 0.3) is 0 Å². The molecule has 1 saturated carbocycles. The number of ketones is 1. The minimum absolute atomic E-state index is 0.0352. The number of fused-ring (bicyclic) bond motifs is 1. The Balaban J connectivity index is 1.83. The first-order valence-electron chi connectivity index (χ1n) is 8.62. The molecule has 1 saturated heterocycles. The second-order valence-electron chi connectivity index (χ2n) is 6.94. The maximum Gasteiger partial charge on any atom is 0.326 e. The molecule has 1 aromatic carbocycles. The van der Waals surface area contributed by atoms with Crippen LogP contribution in [0.15, 0.2) is 18.2 Å². The Hall–Kier alpha value is -2.37. The topological polar surface area (TPSA) is 83.9 Å². The predicted molar refractivity (Wildman–Crippen MR) is 90.7 cm³/mol. The molecule has 3 rings (SSSR count). The Morgan fingerprint density at radius 2 is 2.04 bits per heavy atom. The highest BCUT2D eigenvalue weighted by Gasteiger charge is 2.49. The summed E-state index contributed by atoms with van der Waals surface area (Å²) in [6, 6.07) is 4.26. The second-order valence-corrected chi connectivity index (χ2v) is 6.94. The van der Waals surface area contributed by atoms with Crippen molar-refractivity contribution >= 4 is 17.7 Å². The summed E-state index contributed by atoms with van der Waals surface area (Å²) in [7, 11) is 1.51. The van der Waals surface area contributed by atoms with Crippen molar-refractivity contribution in [2.45, 2.75) is 38.6 Å². The van der Waals surface area contributed by atoms with Gasteiger partial charge in [0.15, 0.2) is 5.78 Å². The SMILES string of the molecule is COc1ccc(C(C)=O)cc1CC(=O)N1CC2CCCC2C1C(=O)O. The number of ether oxygens (including phenoxy) is 1. The van der Waals surface area contributed by atoms with Crippen molar-refractivity contribution in [2.75, 3.05) is 13.7 Å². The molecule has 3 atom stereocenters. The number of likely N-dealkylation sites (tertiary alicyclic amines) is 1. The van der Waals surface area contributed by atoms with Crippen molar-refractivity contribution in [3.8, 4) is 5.75 Å². The van der Waals surface area contributed by atoms with E-state index in [9.17, 15) is 19.5 Å². The van der Waals surface area contributed by atoms with Gasteiger partial charge in [0.2, 0.25) is 5.91 Å². The van der Waals surface area contributed by atoms with E-state index in [0.29, 0.717) is 23.4 Å². The molecule has 1 aliphatic carbocycles. The summed E-state index contributed by atoms with van der Waals surface area (Å²) in [4.78, 5) is 37.7. The number of benzene rings is 1. The fourth-order valence-electron chi connectivity index (χ4n) is 4.28. The van der Waals surface area contributed by atoms with Gasteiger partial charge < -0.3 is 14.7 Å². The number of carboxylic acid groups (broad SMARTS) is 1. The number of amides is 1. The van der Waals surface area contributed by atoms with E-state index in [1.54, 1.807) is 18.2 Å². The van der Waals surface area contributed by atoms with Crippen molar-refractivity contribution < 1.29 is 24.2 Å². The molecule has 0 radical (unpaired) electrons. The zero-order chi connectivity index (χ0) is 18.1. The van der Waals surface area contributed by atoms with Crippen LogP contribution in [0.3, 0.4) is 0 Å². The van der Waals surface area contributed by atoms with Crippen LogP contribution in [0.25, 0.3) is 0 Å². The molecule has 2 aliphatic rings. The molecular weight excluding hydrogens is 322 g/mol. The standard InChI is InChI=1S/C19H23NO5/c1-11(21)12-6-7-16(25-2)14(8-12)9-17(22)20-10-13-4-3-5-15(13)18(20)19(23)24/h6-8,13,15,18H,3-5,9-10H2,1-2H3,(H,23,24). The Kier molecular flexibility index (Phi) is 4.79. The largest absolute Gasteiger partial charge is 0.496 e. The van der Waals surface area contributed by atoms with E-state index in [0.717, 1.165) is 19.3 Å². The zero-order valence-electron chi connectivity index (χ0n) is 14.5. The Morgan fingerprint density at radius 3 is 2.68 bits per heavy atom. The number of methoxy groups -OCH3 is 1. The molecule has 6 nitrogen and oxygen atoms in total. The summed E-state index contributed by atoms with van der Waals surface area (Å²) in [6.45, 7) is 1.98. The fraction of sp³-hybridized carbons (Fsp3) is 0.526. The number of carbonyl (C=O) groups excluding carboxylic acids is 2. The fourth-order valence-corrected chi connectivity index (χ4v) is 4.28. The third kappa shape index (κ3) is 3.25. The first-order valence-corrected chi connectivity index (χ1v) is 8.62. The first-order chi connectivity index (χ1) is 11.9. The molecule has 0 bridgehead atoms. The number of Topliss-reactive ketones (excluding diaryl/α,β-unsaturated/α-hetero) is 1. The van der Waals surface area contributed by atoms with E-state index in [4.69, 9.17) is 4.74 Å². The lowest BCUT2D eigenvalue weighted by atomic mass is 9.94. The van der Waals surface area contributed by atoms with E-state index in [-0.39, 0.29) is 29.9 Å². The Labute approximate surface area is 146 Å². The average molecular weight is 345 g/mol. The van der Waals surface area contributed by atoms with Crippen LogP contribution in [0.2, 0.25) is 0 Å². The van der Waals surface area contributed by atoms with Crippen LogP contribution in [-0.2, 0) is 16.0 Å². The van der Waals surface area contributed by atoms with Crippen LogP contribution in [0, 0.1) is 11.8 Å². The second kappa shape index (κ2) is 6.86. The highest BCUT2D eigenvalue weighted by atomic mass is 16.5. The van der Waals surface area contributed by atoms with Crippen LogP contribution in [-0.4, -0.2) is 47.4 Å². The molecule has 0 aromatic heterocycles. The summed E-state index contributed by atoms with van der Waals surface area (Å²) in [5.41, 5.74) is 1.12. The van der Waals surface area contributed by atoms with Crippen LogP contribution in [0.1, 0.15) is 42.1 Å². The summed E-state index contributed by atoms with van der Waals surface area (Å²) >= 11 is 0. The van der Waals surface area contributed by atoms with Gasteiger partial charge in [0, 0.05) is 17.7 Å². The average Bonchev–Trinajstić information content (AvgIpc) is 3.14. The number of hydrogen-bond acceptors (Lipinski definition) is 4. The van der Waals surface area contributed by atoms with Gasteiger partial charge >= 0.3 is 5.97 Å². The normalized spacial score (nSPS) is 24.9. The molecule has 1 aromatic rings. The maximum atomic E-state index is 12.8. The molecule has 2 fully saturated rings. The van der Waals surface area contributed by atoms with Gasteiger partial charge in [0.1, 0.15) is 11.8 Å². The number of aliphatic carboxylic acids is 1. The maximum absolute atomic E-state index is 12.8. The highest BCUT2D eigenvalue weighted by Crippen LogP contribution is 2.42. The number of rotatable bonds is 5. The van der Waals surface area contributed by atoms with Gasteiger partial charge in [-0.25, -0.2) is 4.79 Å². The summed E-state index contributed by atoms with van der Waals surface area (Å²) in [5.74, 6) is -0.351. The van der Waals surface area contributed by atoms with Gasteiger partial charge in [-0.05, 0) is 49.8 Å². The number of carboxylic acids is 1. The minimum atomic E-state index is -0.924. The molecule has 1 amide bonds. The minimum Gasteiger partial charge on any atom is -0.496 e. The predicted octanol–water partition coefficient (Wildman–Crippen LogP) is 2.15.